The van der Waals surface area contributed by atoms with Crippen LogP contribution >= 0.6 is 31.9 Å². The molecule has 0 radical (unpaired) electrons. The minimum atomic E-state index is 0.399. The lowest BCUT2D eigenvalue weighted by Crippen LogP contribution is -2.03. The molecular weight excluding hydrogens is 400 g/mol. The zero-order valence-corrected chi connectivity index (χ0v) is 15.0. The van der Waals surface area contributed by atoms with E-state index in [-0.39, 0.29) is 0 Å². The normalized spacial score (nSPS) is 10.3. The Morgan fingerprint density at radius 3 is 2.57 bits per heavy atom. The maximum Gasteiger partial charge on any atom is 0.135 e. The molecule has 1 heterocycles. The van der Waals surface area contributed by atoms with Gasteiger partial charge in [-0.2, -0.15) is 0 Å². The first kappa shape index (κ1) is 16.1. The predicted molar refractivity (Wildman–Crippen MR) is 91.1 cm³/mol. The monoisotopic (exact) mass is 414 g/mol. The van der Waals surface area contributed by atoms with Crippen molar-refractivity contribution < 1.29 is 9.47 Å². The van der Waals surface area contributed by atoms with E-state index in [4.69, 9.17) is 9.47 Å². The zero-order valence-electron chi connectivity index (χ0n) is 11.8. The number of ether oxygens (including phenoxy) is 2. The number of methoxy groups -OCH3 is 1. The number of nitrogens with one attached hydrogen (secondary N) is 1. The fourth-order valence-corrected chi connectivity index (χ4v) is 2.69. The Kier molecular flexibility index (Phi) is 5.87. The van der Waals surface area contributed by atoms with Gasteiger partial charge in [0.25, 0.3) is 0 Å². The molecule has 21 heavy (non-hydrogen) atoms. The van der Waals surface area contributed by atoms with Gasteiger partial charge in [0.05, 0.1) is 21.7 Å². The molecule has 0 amide bonds. The van der Waals surface area contributed by atoms with E-state index in [1.807, 2.05) is 37.3 Å². The minimum Gasteiger partial charge on any atom is -0.496 e. The van der Waals surface area contributed by atoms with Gasteiger partial charge >= 0.3 is 0 Å². The first-order chi connectivity index (χ1) is 10.1. The summed E-state index contributed by atoms with van der Waals surface area (Å²) >= 11 is 6.92. The molecule has 1 aromatic carbocycles. The van der Waals surface area contributed by atoms with Crippen molar-refractivity contribution >= 4 is 37.7 Å². The van der Waals surface area contributed by atoms with E-state index in [1.165, 1.54) is 0 Å². The maximum atomic E-state index is 5.81. The number of benzene rings is 1. The summed E-state index contributed by atoms with van der Waals surface area (Å²) < 4.78 is 12.7. The molecule has 0 unspecified atom stereocenters. The van der Waals surface area contributed by atoms with Gasteiger partial charge in [0.2, 0.25) is 0 Å². The summed E-state index contributed by atoms with van der Waals surface area (Å²) in [5.74, 6) is 2.34. The molecule has 112 valence electrons. The van der Waals surface area contributed by atoms with Gasteiger partial charge < -0.3 is 14.8 Å². The number of hydrogen-bond donors (Lipinski definition) is 1. The zero-order chi connectivity index (χ0) is 15.2. The second-order valence-electron chi connectivity index (χ2n) is 4.25. The van der Waals surface area contributed by atoms with Crippen molar-refractivity contribution in [2.24, 2.45) is 0 Å². The molecule has 0 spiro atoms. The van der Waals surface area contributed by atoms with Crippen LogP contribution in [0.4, 0.5) is 5.82 Å². The molecule has 0 aliphatic rings. The highest BCUT2D eigenvalue weighted by Gasteiger charge is 2.09. The van der Waals surface area contributed by atoms with Crippen molar-refractivity contribution in [1.29, 1.82) is 0 Å². The molecule has 0 aliphatic carbocycles. The third kappa shape index (κ3) is 4.35. The summed E-state index contributed by atoms with van der Waals surface area (Å²) in [5, 5.41) is 3.18. The highest BCUT2D eigenvalue weighted by Crippen LogP contribution is 2.36. The van der Waals surface area contributed by atoms with E-state index >= 15 is 0 Å². The Labute approximate surface area is 141 Å². The van der Waals surface area contributed by atoms with Crippen molar-refractivity contribution in [2.75, 3.05) is 19.0 Å². The Bertz CT molecular complexity index is 621. The Hall–Kier alpha value is -1.27. The molecule has 1 aromatic heterocycles. The summed E-state index contributed by atoms with van der Waals surface area (Å²) in [6, 6.07) is 9.57. The number of pyridine rings is 1. The van der Waals surface area contributed by atoms with Gasteiger partial charge in [0, 0.05) is 6.54 Å². The molecule has 4 nitrogen and oxygen atoms in total. The minimum absolute atomic E-state index is 0.399. The second kappa shape index (κ2) is 7.66. The number of rotatable bonds is 6. The predicted octanol–water partition coefficient (Wildman–Crippen LogP) is 4.63. The first-order valence-corrected chi connectivity index (χ1v) is 8.08. The summed E-state index contributed by atoms with van der Waals surface area (Å²) in [7, 11) is 1.63. The molecule has 1 N–H and O–H groups in total. The molecule has 0 bridgehead atoms. The molecule has 0 atom stereocenters. The average molecular weight is 416 g/mol. The number of hydrogen-bond acceptors (Lipinski definition) is 4. The van der Waals surface area contributed by atoms with Crippen LogP contribution in [0.2, 0.25) is 0 Å². The Balaban J connectivity index is 2.09. The fraction of sp³-hybridized carbons (Fsp3) is 0.267. The molecular formula is C15H16Br2N2O2. The van der Waals surface area contributed by atoms with Gasteiger partial charge in [-0.3, -0.25) is 0 Å². The third-order valence-electron chi connectivity index (χ3n) is 2.75. The van der Waals surface area contributed by atoms with Gasteiger partial charge in [-0.25, -0.2) is 4.98 Å². The van der Waals surface area contributed by atoms with E-state index < -0.39 is 0 Å². The van der Waals surface area contributed by atoms with Crippen LogP contribution < -0.4 is 14.8 Å². The van der Waals surface area contributed by atoms with Crippen molar-refractivity contribution in [1.82, 2.24) is 4.98 Å². The van der Waals surface area contributed by atoms with Gasteiger partial charge in [-0.15, -0.1) is 0 Å². The van der Waals surface area contributed by atoms with E-state index in [2.05, 4.69) is 42.2 Å². The number of aromatic nitrogens is 1. The summed E-state index contributed by atoms with van der Waals surface area (Å²) in [6.45, 7) is 3.28. The van der Waals surface area contributed by atoms with E-state index in [0.717, 1.165) is 38.5 Å². The number of halogens is 2. The van der Waals surface area contributed by atoms with Crippen LogP contribution in [0.1, 0.15) is 12.6 Å². The highest BCUT2D eigenvalue weighted by atomic mass is 79.9. The second-order valence-corrected chi connectivity index (χ2v) is 5.96. The van der Waals surface area contributed by atoms with Crippen LogP contribution in [0.15, 0.2) is 39.3 Å². The van der Waals surface area contributed by atoms with Crippen LogP contribution in [-0.4, -0.2) is 18.6 Å². The lowest BCUT2D eigenvalue weighted by Gasteiger charge is -2.11. The van der Waals surface area contributed by atoms with Crippen LogP contribution in [0.25, 0.3) is 0 Å². The van der Waals surface area contributed by atoms with Crippen LogP contribution in [0.5, 0.6) is 11.5 Å². The van der Waals surface area contributed by atoms with Crippen molar-refractivity contribution in [3.63, 3.8) is 0 Å². The Morgan fingerprint density at radius 2 is 1.86 bits per heavy atom. The van der Waals surface area contributed by atoms with E-state index in [1.54, 1.807) is 7.11 Å². The standard InChI is InChI=1S/C15H16Br2N2O2/c1-3-18-15-6-4-5-10(19-15)9-21-14-8-11(16)13(20-2)7-12(14)17/h4-8H,3,9H2,1-2H3,(H,18,19). The average Bonchev–Trinajstić information content (AvgIpc) is 2.48. The Morgan fingerprint density at radius 1 is 1.14 bits per heavy atom. The van der Waals surface area contributed by atoms with Crippen LogP contribution in [-0.2, 0) is 6.61 Å². The number of nitrogens with zero attached hydrogens (tertiary/aromatic N) is 1. The van der Waals surface area contributed by atoms with Gasteiger partial charge in [0.1, 0.15) is 23.9 Å². The quantitative estimate of drug-likeness (QED) is 0.747. The van der Waals surface area contributed by atoms with Crippen molar-refractivity contribution in [3.8, 4) is 11.5 Å². The van der Waals surface area contributed by atoms with E-state index in [9.17, 15) is 0 Å². The maximum absolute atomic E-state index is 5.81. The van der Waals surface area contributed by atoms with Crippen LogP contribution in [0.3, 0.4) is 0 Å². The van der Waals surface area contributed by atoms with Crippen molar-refractivity contribution in [3.05, 3.63) is 45.0 Å². The van der Waals surface area contributed by atoms with Gasteiger partial charge in [-0.05, 0) is 63.0 Å². The summed E-state index contributed by atoms with van der Waals surface area (Å²) in [5.41, 5.74) is 0.868. The summed E-state index contributed by atoms with van der Waals surface area (Å²) in [4.78, 5) is 4.48. The largest absolute Gasteiger partial charge is 0.496 e. The van der Waals surface area contributed by atoms with E-state index in [0.29, 0.717) is 6.61 Å². The van der Waals surface area contributed by atoms with Crippen LogP contribution in [0, 0.1) is 0 Å². The lowest BCUT2D eigenvalue weighted by molar-refractivity contribution is 0.298. The SMILES string of the molecule is CCNc1cccc(COc2cc(Br)c(OC)cc2Br)n1. The molecule has 0 saturated heterocycles. The molecule has 2 rings (SSSR count). The topological polar surface area (TPSA) is 43.4 Å². The third-order valence-corrected chi connectivity index (χ3v) is 3.99. The molecule has 0 saturated carbocycles. The molecule has 0 aliphatic heterocycles. The van der Waals surface area contributed by atoms with Gasteiger partial charge in [0.15, 0.2) is 0 Å². The fourth-order valence-electron chi connectivity index (χ4n) is 1.77. The lowest BCUT2D eigenvalue weighted by atomic mass is 10.3. The summed E-state index contributed by atoms with van der Waals surface area (Å²) in [6.07, 6.45) is 0. The molecule has 0 fully saturated rings. The smallest absolute Gasteiger partial charge is 0.135 e. The molecule has 6 heteroatoms. The molecule has 2 aromatic rings. The van der Waals surface area contributed by atoms with Gasteiger partial charge in [-0.1, -0.05) is 6.07 Å². The van der Waals surface area contributed by atoms with Crippen molar-refractivity contribution in [2.45, 2.75) is 13.5 Å². The first-order valence-electron chi connectivity index (χ1n) is 6.49. The number of anilines is 1. The highest BCUT2D eigenvalue weighted by molar-refractivity contribution is 9.11.